The van der Waals surface area contributed by atoms with Crippen LogP contribution in [0.25, 0.3) is 92.9 Å². The largest absolute Gasteiger partial charge is 0.507 e. The molecule has 0 fully saturated rings. The minimum Gasteiger partial charge on any atom is -0.507 e. The summed E-state index contributed by atoms with van der Waals surface area (Å²) in [7, 11) is 0. The first-order valence-electron chi connectivity index (χ1n) is 20.9. The summed E-state index contributed by atoms with van der Waals surface area (Å²) < 4.78 is 4.54. The van der Waals surface area contributed by atoms with Gasteiger partial charge in [-0.1, -0.05) is 168 Å². The van der Waals surface area contributed by atoms with Gasteiger partial charge in [0.25, 0.3) is 0 Å². The van der Waals surface area contributed by atoms with E-state index in [1.165, 1.54) is 0 Å². The first kappa shape index (κ1) is 41.2. The van der Waals surface area contributed by atoms with Crippen LogP contribution in [0, 0.1) is 6.07 Å². The maximum absolute atomic E-state index is 12.5. The first-order valence-corrected chi connectivity index (χ1v) is 21.7. The van der Waals surface area contributed by atoms with Crippen LogP contribution in [0.3, 0.4) is 0 Å². The summed E-state index contributed by atoms with van der Waals surface area (Å²) in [5.41, 5.74) is 13.5. The molecule has 4 nitrogen and oxygen atoms in total. The molecule has 0 aliphatic rings. The van der Waals surface area contributed by atoms with Gasteiger partial charge in [-0.05, 0) is 89.3 Å². The standard InChI is InChI=1S/C56H46N3OS.Pt/c1-55(2,3)41-33-44(53(60)45(34-41)56(4,5)6)54-58-52-48(59(54)47-24-22-38(35-16-10-7-11-17-35)30-42(47)37-20-14-9-15-21-37)25-27-50-51(52)43-31-40(23-26-49(43)61-50)46-32-39(28-29-57-46)36-18-12-8-13-19-36;/h7-30,32-34,60H,1-6H3;/q-1;. The van der Waals surface area contributed by atoms with Crippen molar-refractivity contribution in [3.63, 3.8) is 0 Å². The molecule has 7 aromatic carbocycles. The van der Waals surface area contributed by atoms with Gasteiger partial charge in [-0.2, -0.15) is 11.3 Å². The zero-order chi connectivity index (χ0) is 42.0. The molecule has 0 aliphatic heterocycles. The molecule has 0 amide bonds. The summed E-state index contributed by atoms with van der Waals surface area (Å²) in [6, 6.07) is 59.3. The smallest absolute Gasteiger partial charge is 0.148 e. The Bertz CT molecular complexity index is 3270. The van der Waals surface area contributed by atoms with Crippen LogP contribution in [-0.4, -0.2) is 19.6 Å². The van der Waals surface area contributed by atoms with Crippen molar-refractivity contribution in [3.8, 4) is 67.5 Å². The molecule has 3 heterocycles. The number of thiophene rings is 1. The second-order valence-corrected chi connectivity index (χ2v) is 19.1. The minimum atomic E-state index is -0.322. The Balaban J connectivity index is 0.00000490. The van der Waals surface area contributed by atoms with Crippen LogP contribution in [0.15, 0.2) is 164 Å². The monoisotopic (exact) mass is 1000 g/mol. The van der Waals surface area contributed by atoms with Gasteiger partial charge in [0, 0.05) is 44.1 Å². The topological polar surface area (TPSA) is 50.9 Å². The van der Waals surface area contributed by atoms with Gasteiger partial charge in [0.05, 0.1) is 22.3 Å². The van der Waals surface area contributed by atoms with Crippen LogP contribution < -0.4 is 0 Å². The molecule has 0 spiro atoms. The van der Waals surface area contributed by atoms with Crippen LogP contribution in [-0.2, 0) is 31.9 Å². The fourth-order valence-corrected chi connectivity index (χ4v) is 9.55. The maximum Gasteiger partial charge on any atom is 0.148 e. The zero-order valence-electron chi connectivity index (χ0n) is 35.6. The van der Waals surface area contributed by atoms with Crippen molar-refractivity contribution in [3.05, 3.63) is 181 Å². The summed E-state index contributed by atoms with van der Waals surface area (Å²) in [5, 5.41) is 14.5. The molecule has 308 valence electrons. The number of aromatic hydroxyl groups is 1. The normalized spacial score (nSPS) is 12.0. The fourth-order valence-electron chi connectivity index (χ4n) is 8.48. The van der Waals surface area contributed by atoms with Crippen molar-refractivity contribution in [1.82, 2.24) is 14.5 Å². The van der Waals surface area contributed by atoms with E-state index in [2.05, 4.69) is 204 Å². The number of nitrogens with zero attached hydrogens (tertiary/aromatic N) is 3. The van der Waals surface area contributed by atoms with Gasteiger partial charge >= 0.3 is 0 Å². The fraction of sp³-hybridized carbons (Fsp3) is 0.143. The summed E-state index contributed by atoms with van der Waals surface area (Å²) in [6.07, 6.45) is 1.88. The number of hydrogen-bond donors (Lipinski definition) is 1. The molecular weight excluding hydrogens is 958 g/mol. The second kappa shape index (κ2) is 16.0. The number of benzene rings is 7. The average Bonchev–Trinajstić information content (AvgIpc) is 3.85. The molecule has 0 saturated heterocycles. The molecule has 0 bridgehead atoms. The van der Waals surface area contributed by atoms with Gasteiger partial charge in [0.2, 0.25) is 0 Å². The van der Waals surface area contributed by atoms with Crippen molar-refractivity contribution in [2.45, 2.75) is 52.4 Å². The van der Waals surface area contributed by atoms with Crippen molar-refractivity contribution in [1.29, 1.82) is 0 Å². The summed E-state index contributed by atoms with van der Waals surface area (Å²) >= 11 is 1.75. The van der Waals surface area contributed by atoms with Crippen LogP contribution >= 0.6 is 11.3 Å². The third-order valence-corrected chi connectivity index (χ3v) is 12.9. The molecule has 62 heavy (non-hydrogen) atoms. The van der Waals surface area contributed by atoms with Crippen molar-refractivity contribution < 1.29 is 26.2 Å². The number of imidazole rings is 1. The molecule has 0 radical (unpaired) electrons. The summed E-state index contributed by atoms with van der Waals surface area (Å²) in [4.78, 5) is 10.5. The van der Waals surface area contributed by atoms with Gasteiger partial charge in [0.1, 0.15) is 11.6 Å². The van der Waals surface area contributed by atoms with E-state index >= 15 is 0 Å². The Labute approximate surface area is 381 Å². The summed E-state index contributed by atoms with van der Waals surface area (Å²) in [6.45, 7) is 13.2. The van der Waals surface area contributed by atoms with Crippen molar-refractivity contribution >= 4 is 42.5 Å². The van der Waals surface area contributed by atoms with Crippen LogP contribution in [0.2, 0.25) is 0 Å². The number of pyridine rings is 1. The van der Waals surface area contributed by atoms with Crippen LogP contribution in [0.1, 0.15) is 52.7 Å². The molecular formula is C56H46N3OPtS-. The zero-order valence-corrected chi connectivity index (χ0v) is 38.7. The first-order chi connectivity index (χ1) is 29.4. The van der Waals surface area contributed by atoms with Crippen molar-refractivity contribution in [2.24, 2.45) is 0 Å². The second-order valence-electron chi connectivity index (χ2n) is 18.0. The molecule has 0 atom stereocenters. The molecule has 0 unspecified atom stereocenters. The third-order valence-electron chi connectivity index (χ3n) is 11.8. The number of phenolic OH excluding ortho intramolecular Hbond substituents is 1. The van der Waals surface area contributed by atoms with E-state index in [0.29, 0.717) is 11.4 Å². The Morgan fingerprint density at radius 1 is 0.581 bits per heavy atom. The van der Waals surface area contributed by atoms with E-state index in [4.69, 9.17) is 9.97 Å². The predicted octanol–water partition coefficient (Wildman–Crippen LogP) is 15.2. The molecule has 6 heteroatoms. The Kier molecular flexibility index (Phi) is 10.6. The van der Waals surface area contributed by atoms with E-state index < -0.39 is 0 Å². The van der Waals surface area contributed by atoms with Gasteiger partial charge in [-0.3, -0.25) is 9.55 Å². The molecule has 3 aromatic heterocycles. The average molecular weight is 1000 g/mol. The van der Waals surface area contributed by atoms with Gasteiger partial charge in [0.15, 0.2) is 0 Å². The Morgan fingerprint density at radius 2 is 1.21 bits per heavy atom. The summed E-state index contributed by atoms with van der Waals surface area (Å²) in [5.74, 6) is 0.942. The Morgan fingerprint density at radius 3 is 1.85 bits per heavy atom. The Hall–Kier alpha value is -6.13. The van der Waals surface area contributed by atoms with E-state index in [9.17, 15) is 5.11 Å². The van der Waals surface area contributed by atoms with Crippen LogP contribution in [0.4, 0.5) is 0 Å². The van der Waals surface area contributed by atoms with E-state index in [-0.39, 0.29) is 37.6 Å². The van der Waals surface area contributed by atoms with Gasteiger partial charge < -0.3 is 5.11 Å². The third kappa shape index (κ3) is 7.38. The van der Waals surface area contributed by atoms with Gasteiger partial charge in [-0.25, -0.2) is 4.98 Å². The molecule has 0 aliphatic carbocycles. The predicted molar refractivity (Wildman–Crippen MR) is 257 cm³/mol. The number of fused-ring (bicyclic) bond motifs is 5. The number of phenols is 1. The number of hydrogen-bond acceptors (Lipinski definition) is 4. The maximum atomic E-state index is 12.5. The van der Waals surface area contributed by atoms with Gasteiger partial charge in [-0.15, -0.1) is 18.2 Å². The SMILES string of the molecule is CC(C)(C)c1cc(-c2nc3c4c(ccc3n2-c2ccc(-c3ccccc3)cc2-c2ccccc2)sc2ccc(-c3cc(-c5ccccc5)ccn3)[c-]c24)c(O)c(C(C)(C)C)c1.[Pt]. The van der Waals surface area contributed by atoms with Crippen molar-refractivity contribution in [2.75, 3.05) is 0 Å². The number of aromatic nitrogens is 3. The van der Waals surface area contributed by atoms with Crippen LogP contribution in [0.5, 0.6) is 5.75 Å². The minimum absolute atomic E-state index is 0. The van der Waals surface area contributed by atoms with E-state index in [1.807, 2.05) is 12.3 Å². The molecule has 10 rings (SSSR count). The number of rotatable bonds is 6. The molecule has 1 N–H and O–H groups in total. The van der Waals surface area contributed by atoms with E-state index in [1.54, 1.807) is 11.3 Å². The quantitative estimate of drug-likeness (QED) is 0.169. The molecule has 10 aromatic rings. The molecule has 0 saturated carbocycles. The van der Waals surface area contributed by atoms with E-state index in [0.717, 1.165) is 92.7 Å².